The molecule has 0 saturated carbocycles. The van der Waals surface area contributed by atoms with E-state index in [4.69, 9.17) is 0 Å². The average Bonchev–Trinajstić information content (AvgIpc) is 2.34. The number of nitrogens with one attached hydrogen (secondary N) is 1. The number of anilines is 1. The molecule has 0 radical (unpaired) electrons. The molecule has 1 N–H and O–H groups in total. The van der Waals surface area contributed by atoms with Gasteiger partial charge < -0.3 is 10.2 Å². The van der Waals surface area contributed by atoms with Crippen molar-refractivity contribution in [1.82, 2.24) is 4.90 Å². The van der Waals surface area contributed by atoms with Crippen LogP contribution < -0.4 is 5.32 Å². The Hall–Kier alpha value is -1.84. The van der Waals surface area contributed by atoms with Gasteiger partial charge in [0.05, 0.1) is 12.2 Å². The number of aryl methyl sites for hydroxylation is 1. The maximum absolute atomic E-state index is 13.6. The van der Waals surface area contributed by atoms with E-state index in [9.17, 15) is 9.18 Å². The Kier molecular flexibility index (Phi) is 5.55. The molecule has 104 valence electrons. The van der Waals surface area contributed by atoms with E-state index in [2.05, 4.69) is 11.9 Å². The molecule has 0 aliphatic rings. The standard InChI is InChI=1S/C15H21FN2O/c1-5-18(10-11(2)3)15(19)9-17-14-7-6-12(4)8-13(14)16/h6-8,17H,2,5,9-10H2,1,3-4H3. The lowest BCUT2D eigenvalue weighted by Gasteiger charge is -2.21. The minimum Gasteiger partial charge on any atom is -0.374 e. The maximum atomic E-state index is 13.6. The smallest absolute Gasteiger partial charge is 0.242 e. The summed E-state index contributed by atoms with van der Waals surface area (Å²) >= 11 is 0. The van der Waals surface area contributed by atoms with Crippen LogP contribution in [-0.2, 0) is 4.79 Å². The Bertz CT molecular complexity index is 471. The van der Waals surface area contributed by atoms with Crippen LogP contribution in [-0.4, -0.2) is 30.4 Å². The first-order chi connectivity index (χ1) is 8.93. The Morgan fingerprint density at radius 2 is 2.16 bits per heavy atom. The predicted octanol–water partition coefficient (Wildman–Crippen LogP) is 2.97. The number of hydrogen-bond donors (Lipinski definition) is 1. The minimum absolute atomic E-state index is 0.0644. The zero-order valence-corrected chi connectivity index (χ0v) is 11.8. The minimum atomic E-state index is -0.337. The SMILES string of the molecule is C=C(C)CN(CC)C(=O)CNc1ccc(C)cc1F. The number of carbonyl (C=O) groups is 1. The van der Waals surface area contributed by atoms with Crippen LogP contribution in [0.1, 0.15) is 19.4 Å². The van der Waals surface area contributed by atoms with Gasteiger partial charge in [0.1, 0.15) is 5.82 Å². The molecule has 0 aromatic heterocycles. The second kappa shape index (κ2) is 6.92. The highest BCUT2D eigenvalue weighted by Gasteiger charge is 2.12. The van der Waals surface area contributed by atoms with Crippen molar-refractivity contribution in [3.8, 4) is 0 Å². The molecule has 0 saturated heterocycles. The highest BCUT2D eigenvalue weighted by atomic mass is 19.1. The zero-order chi connectivity index (χ0) is 14.4. The fraction of sp³-hybridized carbons (Fsp3) is 0.400. The fourth-order valence-corrected chi connectivity index (χ4v) is 1.75. The summed E-state index contributed by atoms with van der Waals surface area (Å²) in [6, 6.07) is 4.90. The second-order valence-electron chi connectivity index (χ2n) is 4.70. The van der Waals surface area contributed by atoms with Gasteiger partial charge in [-0.1, -0.05) is 18.2 Å². The summed E-state index contributed by atoms with van der Waals surface area (Å²) < 4.78 is 13.6. The normalized spacial score (nSPS) is 10.1. The van der Waals surface area contributed by atoms with Gasteiger partial charge in [-0.2, -0.15) is 0 Å². The molecule has 0 atom stereocenters. The topological polar surface area (TPSA) is 32.3 Å². The predicted molar refractivity (Wildman–Crippen MR) is 76.7 cm³/mol. The van der Waals surface area contributed by atoms with E-state index in [0.29, 0.717) is 18.8 Å². The van der Waals surface area contributed by atoms with Crippen molar-refractivity contribution in [1.29, 1.82) is 0 Å². The van der Waals surface area contributed by atoms with Crippen molar-refractivity contribution in [2.24, 2.45) is 0 Å². The highest BCUT2D eigenvalue weighted by Crippen LogP contribution is 2.14. The summed E-state index contributed by atoms with van der Waals surface area (Å²) in [4.78, 5) is 13.6. The molecule has 1 aromatic rings. The summed E-state index contributed by atoms with van der Waals surface area (Å²) in [5.74, 6) is -0.402. The molecule has 4 heteroatoms. The average molecular weight is 264 g/mol. The first-order valence-corrected chi connectivity index (χ1v) is 6.36. The monoisotopic (exact) mass is 264 g/mol. The lowest BCUT2D eigenvalue weighted by atomic mass is 10.2. The molecule has 0 unspecified atom stereocenters. The number of benzene rings is 1. The van der Waals surface area contributed by atoms with Gasteiger partial charge in [-0.25, -0.2) is 4.39 Å². The van der Waals surface area contributed by atoms with Crippen LogP contribution in [0.15, 0.2) is 30.4 Å². The molecule has 0 heterocycles. The van der Waals surface area contributed by atoms with Crippen LogP contribution in [0.5, 0.6) is 0 Å². The van der Waals surface area contributed by atoms with Gasteiger partial charge in [-0.15, -0.1) is 0 Å². The number of hydrogen-bond acceptors (Lipinski definition) is 2. The van der Waals surface area contributed by atoms with Gasteiger partial charge in [-0.3, -0.25) is 4.79 Å². The lowest BCUT2D eigenvalue weighted by Crippen LogP contribution is -2.36. The van der Waals surface area contributed by atoms with E-state index in [1.807, 2.05) is 20.8 Å². The van der Waals surface area contributed by atoms with E-state index in [-0.39, 0.29) is 18.3 Å². The Labute approximate surface area is 114 Å². The fourth-order valence-electron chi connectivity index (χ4n) is 1.75. The van der Waals surface area contributed by atoms with Crippen LogP contribution in [0.4, 0.5) is 10.1 Å². The largest absolute Gasteiger partial charge is 0.374 e. The highest BCUT2D eigenvalue weighted by molar-refractivity contribution is 5.81. The summed E-state index contributed by atoms with van der Waals surface area (Å²) in [7, 11) is 0. The molecule has 0 fully saturated rings. The molecule has 1 rings (SSSR count). The Balaban J connectivity index is 2.60. The van der Waals surface area contributed by atoms with Gasteiger partial charge in [0, 0.05) is 13.1 Å². The number of halogens is 1. The number of likely N-dealkylation sites (N-methyl/N-ethyl adjacent to an activating group) is 1. The molecule has 0 aliphatic carbocycles. The summed E-state index contributed by atoms with van der Waals surface area (Å²) in [6.45, 7) is 10.6. The van der Waals surface area contributed by atoms with Crippen LogP contribution in [0.2, 0.25) is 0 Å². The van der Waals surface area contributed by atoms with Crippen molar-refractivity contribution in [2.75, 3.05) is 25.0 Å². The van der Waals surface area contributed by atoms with Crippen LogP contribution in [0, 0.1) is 12.7 Å². The number of nitrogens with zero attached hydrogens (tertiary/aromatic N) is 1. The molecule has 19 heavy (non-hydrogen) atoms. The Morgan fingerprint density at radius 1 is 1.47 bits per heavy atom. The lowest BCUT2D eigenvalue weighted by molar-refractivity contribution is -0.128. The molecular weight excluding hydrogens is 243 g/mol. The van der Waals surface area contributed by atoms with Crippen molar-refractivity contribution in [3.05, 3.63) is 41.7 Å². The Morgan fingerprint density at radius 3 is 2.68 bits per heavy atom. The number of amides is 1. The van der Waals surface area contributed by atoms with Crippen molar-refractivity contribution >= 4 is 11.6 Å². The molecule has 3 nitrogen and oxygen atoms in total. The number of carbonyl (C=O) groups excluding carboxylic acids is 1. The van der Waals surface area contributed by atoms with Crippen LogP contribution in [0.25, 0.3) is 0 Å². The van der Waals surface area contributed by atoms with Gasteiger partial charge in [0.25, 0.3) is 0 Å². The van der Waals surface area contributed by atoms with E-state index in [1.165, 1.54) is 6.07 Å². The summed E-state index contributed by atoms with van der Waals surface area (Å²) in [5, 5.41) is 2.83. The van der Waals surface area contributed by atoms with E-state index < -0.39 is 0 Å². The molecule has 0 spiro atoms. The van der Waals surface area contributed by atoms with E-state index in [0.717, 1.165) is 11.1 Å². The van der Waals surface area contributed by atoms with Gasteiger partial charge >= 0.3 is 0 Å². The molecule has 0 bridgehead atoms. The summed E-state index contributed by atoms with van der Waals surface area (Å²) in [6.07, 6.45) is 0. The van der Waals surface area contributed by atoms with Crippen molar-refractivity contribution in [3.63, 3.8) is 0 Å². The van der Waals surface area contributed by atoms with Crippen molar-refractivity contribution in [2.45, 2.75) is 20.8 Å². The molecule has 1 amide bonds. The number of rotatable bonds is 6. The van der Waals surface area contributed by atoms with Crippen molar-refractivity contribution < 1.29 is 9.18 Å². The quantitative estimate of drug-likeness (QED) is 0.801. The van der Waals surface area contributed by atoms with E-state index in [1.54, 1.807) is 17.0 Å². The third kappa shape index (κ3) is 4.73. The van der Waals surface area contributed by atoms with E-state index >= 15 is 0 Å². The van der Waals surface area contributed by atoms with Crippen LogP contribution >= 0.6 is 0 Å². The first-order valence-electron chi connectivity index (χ1n) is 6.36. The third-order valence-corrected chi connectivity index (χ3v) is 2.75. The van der Waals surface area contributed by atoms with Gasteiger partial charge in [0.2, 0.25) is 5.91 Å². The van der Waals surface area contributed by atoms with Gasteiger partial charge in [-0.05, 0) is 38.5 Å². The zero-order valence-electron chi connectivity index (χ0n) is 11.8. The molecular formula is C15H21FN2O. The van der Waals surface area contributed by atoms with Gasteiger partial charge in [0.15, 0.2) is 0 Å². The summed E-state index contributed by atoms with van der Waals surface area (Å²) in [5.41, 5.74) is 2.13. The maximum Gasteiger partial charge on any atom is 0.242 e. The second-order valence-corrected chi connectivity index (χ2v) is 4.70. The first kappa shape index (κ1) is 15.2. The molecule has 1 aromatic carbocycles. The third-order valence-electron chi connectivity index (χ3n) is 2.75. The molecule has 0 aliphatic heterocycles. The van der Waals surface area contributed by atoms with Crippen LogP contribution in [0.3, 0.4) is 0 Å².